The second-order valence-electron chi connectivity index (χ2n) is 5.42. The van der Waals surface area contributed by atoms with Crippen molar-refractivity contribution in [2.24, 2.45) is 0 Å². The number of hydrogen-bond acceptors (Lipinski definition) is 4. The monoisotopic (exact) mass is 348 g/mol. The Morgan fingerprint density at radius 2 is 1.92 bits per heavy atom. The summed E-state index contributed by atoms with van der Waals surface area (Å²) < 4.78 is 5.65. The van der Waals surface area contributed by atoms with Crippen molar-refractivity contribution in [3.05, 3.63) is 62.7 Å². The van der Waals surface area contributed by atoms with Crippen LogP contribution in [0.15, 0.2) is 36.4 Å². The maximum absolute atomic E-state index is 12.3. The number of nitro groups is 1. The van der Waals surface area contributed by atoms with E-state index in [-0.39, 0.29) is 5.69 Å². The lowest BCUT2D eigenvalue weighted by Crippen LogP contribution is -2.30. The van der Waals surface area contributed by atoms with E-state index in [0.717, 1.165) is 11.1 Å². The summed E-state index contributed by atoms with van der Waals surface area (Å²) in [5.41, 5.74) is 1.84. The first-order valence-corrected chi connectivity index (χ1v) is 7.64. The van der Waals surface area contributed by atoms with E-state index in [0.29, 0.717) is 16.5 Å². The van der Waals surface area contributed by atoms with Crippen LogP contribution in [0.4, 0.5) is 11.4 Å². The van der Waals surface area contributed by atoms with Crippen LogP contribution in [0, 0.1) is 24.0 Å². The van der Waals surface area contributed by atoms with Gasteiger partial charge < -0.3 is 10.1 Å². The van der Waals surface area contributed by atoms with Crippen LogP contribution < -0.4 is 10.1 Å². The third-order valence-electron chi connectivity index (χ3n) is 3.50. The Kier molecular flexibility index (Phi) is 5.41. The van der Waals surface area contributed by atoms with Gasteiger partial charge in [0.05, 0.1) is 10.6 Å². The molecule has 6 nitrogen and oxygen atoms in total. The number of halogens is 1. The van der Waals surface area contributed by atoms with Gasteiger partial charge in [0.25, 0.3) is 11.6 Å². The average molecular weight is 349 g/mol. The Bertz CT molecular complexity index is 792. The number of nitrogens with one attached hydrogen (secondary N) is 1. The van der Waals surface area contributed by atoms with E-state index in [4.69, 9.17) is 16.3 Å². The highest BCUT2D eigenvalue weighted by Crippen LogP contribution is 2.24. The molecule has 1 atom stereocenters. The standard InChI is InChI=1S/C17H17ClN2O4/c1-10-4-6-14(20(22)23)9-15(10)19-17(21)12(3)24-16-7-5-13(18)8-11(16)2/h4-9,12H,1-3H3,(H,19,21). The molecule has 0 aliphatic heterocycles. The van der Waals surface area contributed by atoms with Gasteiger partial charge in [-0.15, -0.1) is 0 Å². The Morgan fingerprint density at radius 3 is 2.54 bits per heavy atom. The van der Waals surface area contributed by atoms with E-state index in [1.165, 1.54) is 12.1 Å². The zero-order chi connectivity index (χ0) is 17.9. The number of amides is 1. The highest BCUT2D eigenvalue weighted by molar-refractivity contribution is 6.30. The minimum Gasteiger partial charge on any atom is -0.481 e. The molecule has 1 unspecified atom stereocenters. The number of non-ortho nitro benzene ring substituents is 1. The van der Waals surface area contributed by atoms with Crippen molar-refractivity contribution in [3.63, 3.8) is 0 Å². The number of carbonyl (C=O) groups is 1. The van der Waals surface area contributed by atoms with Gasteiger partial charge in [-0.2, -0.15) is 0 Å². The number of anilines is 1. The number of rotatable bonds is 5. The molecule has 0 aliphatic carbocycles. The van der Waals surface area contributed by atoms with E-state index in [9.17, 15) is 14.9 Å². The number of ether oxygens (including phenoxy) is 1. The van der Waals surface area contributed by atoms with Gasteiger partial charge in [-0.05, 0) is 50.1 Å². The normalized spacial score (nSPS) is 11.7. The van der Waals surface area contributed by atoms with Gasteiger partial charge in [0.1, 0.15) is 5.75 Å². The molecule has 126 valence electrons. The molecule has 1 N–H and O–H groups in total. The summed E-state index contributed by atoms with van der Waals surface area (Å²) in [5.74, 6) is 0.158. The van der Waals surface area contributed by atoms with Crippen LogP contribution in [-0.2, 0) is 4.79 Å². The molecular formula is C17H17ClN2O4. The minimum absolute atomic E-state index is 0.0852. The van der Waals surface area contributed by atoms with E-state index >= 15 is 0 Å². The summed E-state index contributed by atoms with van der Waals surface area (Å²) in [4.78, 5) is 22.6. The molecule has 2 aromatic carbocycles. The molecule has 0 aliphatic rings. The summed E-state index contributed by atoms with van der Waals surface area (Å²) in [6, 6.07) is 9.42. The van der Waals surface area contributed by atoms with Crippen molar-refractivity contribution in [1.29, 1.82) is 0 Å². The SMILES string of the molecule is Cc1ccc([N+](=O)[O-])cc1NC(=O)C(C)Oc1ccc(Cl)cc1C. The maximum Gasteiger partial charge on any atom is 0.271 e. The molecule has 0 heterocycles. The predicted molar refractivity (Wildman–Crippen MR) is 92.7 cm³/mol. The zero-order valence-electron chi connectivity index (χ0n) is 13.5. The molecule has 0 aromatic heterocycles. The molecular weight excluding hydrogens is 332 g/mol. The lowest BCUT2D eigenvalue weighted by atomic mass is 10.1. The third kappa shape index (κ3) is 4.23. The second-order valence-corrected chi connectivity index (χ2v) is 5.85. The van der Waals surface area contributed by atoms with Crippen LogP contribution in [0.2, 0.25) is 5.02 Å². The van der Waals surface area contributed by atoms with Crippen LogP contribution in [0.1, 0.15) is 18.1 Å². The van der Waals surface area contributed by atoms with Crippen molar-refractivity contribution in [1.82, 2.24) is 0 Å². The summed E-state index contributed by atoms with van der Waals surface area (Å²) in [6.45, 7) is 5.20. The molecule has 24 heavy (non-hydrogen) atoms. The summed E-state index contributed by atoms with van der Waals surface area (Å²) in [7, 11) is 0. The summed E-state index contributed by atoms with van der Waals surface area (Å²) >= 11 is 5.89. The van der Waals surface area contributed by atoms with Crippen molar-refractivity contribution in [2.75, 3.05) is 5.32 Å². The van der Waals surface area contributed by atoms with Crippen molar-refractivity contribution in [3.8, 4) is 5.75 Å². The van der Waals surface area contributed by atoms with Gasteiger partial charge in [-0.25, -0.2) is 0 Å². The van der Waals surface area contributed by atoms with Crippen LogP contribution in [0.3, 0.4) is 0 Å². The van der Waals surface area contributed by atoms with E-state index in [2.05, 4.69) is 5.32 Å². The number of benzene rings is 2. The molecule has 7 heteroatoms. The van der Waals surface area contributed by atoms with Gasteiger partial charge in [-0.3, -0.25) is 14.9 Å². The first kappa shape index (κ1) is 17.7. The van der Waals surface area contributed by atoms with E-state index in [1.54, 1.807) is 38.1 Å². The van der Waals surface area contributed by atoms with Crippen LogP contribution >= 0.6 is 11.6 Å². The molecule has 2 aromatic rings. The van der Waals surface area contributed by atoms with Crippen LogP contribution in [-0.4, -0.2) is 16.9 Å². The fourth-order valence-electron chi connectivity index (χ4n) is 2.08. The fourth-order valence-corrected chi connectivity index (χ4v) is 2.31. The Hall–Kier alpha value is -2.60. The van der Waals surface area contributed by atoms with E-state index in [1.807, 2.05) is 6.92 Å². The first-order chi connectivity index (χ1) is 11.3. The first-order valence-electron chi connectivity index (χ1n) is 7.26. The average Bonchev–Trinajstić information content (AvgIpc) is 2.51. The Morgan fingerprint density at radius 1 is 1.21 bits per heavy atom. The number of nitro benzene ring substituents is 1. The smallest absolute Gasteiger partial charge is 0.271 e. The maximum atomic E-state index is 12.3. The summed E-state index contributed by atoms with van der Waals surface area (Å²) in [6.07, 6.45) is -0.775. The van der Waals surface area contributed by atoms with Gasteiger partial charge in [0.15, 0.2) is 6.10 Å². The predicted octanol–water partition coefficient (Wildman–Crippen LogP) is 4.27. The molecule has 0 bridgehead atoms. The Balaban J connectivity index is 2.11. The topological polar surface area (TPSA) is 81.5 Å². The molecule has 0 spiro atoms. The van der Waals surface area contributed by atoms with Crippen LogP contribution in [0.25, 0.3) is 0 Å². The van der Waals surface area contributed by atoms with Crippen molar-refractivity contribution < 1.29 is 14.5 Å². The van der Waals surface area contributed by atoms with Crippen LogP contribution in [0.5, 0.6) is 5.75 Å². The zero-order valence-corrected chi connectivity index (χ0v) is 14.3. The fraction of sp³-hybridized carbons (Fsp3) is 0.235. The largest absolute Gasteiger partial charge is 0.481 e. The number of carbonyl (C=O) groups excluding carboxylic acids is 1. The molecule has 2 rings (SSSR count). The van der Waals surface area contributed by atoms with Gasteiger partial charge in [0.2, 0.25) is 0 Å². The van der Waals surface area contributed by atoms with E-state index < -0.39 is 16.9 Å². The van der Waals surface area contributed by atoms with Gasteiger partial charge in [-0.1, -0.05) is 17.7 Å². The highest BCUT2D eigenvalue weighted by atomic mass is 35.5. The number of nitrogens with zero attached hydrogens (tertiary/aromatic N) is 1. The molecule has 0 fully saturated rings. The lowest BCUT2D eigenvalue weighted by molar-refractivity contribution is -0.384. The Labute approximate surface area is 144 Å². The molecule has 0 saturated carbocycles. The molecule has 0 radical (unpaired) electrons. The summed E-state index contributed by atoms with van der Waals surface area (Å²) in [5, 5.41) is 14.1. The highest BCUT2D eigenvalue weighted by Gasteiger charge is 2.18. The second kappa shape index (κ2) is 7.31. The lowest BCUT2D eigenvalue weighted by Gasteiger charge is -2.17. The minimum atomic E-state index is -0.775. The van der Waals surface area contributed by atoms with Crippen molar-refractivity contribution in [2.45, 2.75) is 26.9 Å². The quantitative estimate of drug-likeness (QED) is 0.646. The number of hydrogen-bond donors (Lipinski definition) is 1. The number of aryl methyl sites for hydroxylation is 2. The molecule has 1 amide bonds. The van der Waals surface area contributed by atoms with Gasteiger partial charge in [0, 0.05) is 17.2 Å². The molecule has 0 saturated heterocycles. The van der Waals surface area contributed by atoms with Crippen molar-refractivity contribution >= 4 is 28.9 Å². The third-order valence-corrected chi connectivity index (χ3v) is 3.73. The van der Waals surface area contributed by atoms with Gasteiger partial charge >= 0.3 is 0 Å².